The first kappa shape index (κ1) is 14.3. The van der Waals surface area contributed by atoms with Crippen molar-refractivity contribution in [1.82, 2.24) is 0 Å². The van der Waals surface area contributed by atoms with Crippen LogP contribution in [-0.4, -0.2) is 23.5 Å². The van der Waals surface area contributed by atoms with Crippen molar-refractivity contribution in [2.45, 2.75) is 19.8 Å². The Morgan fingerprint density at radius 1 is 1.41 bits per heavy atom. The van der Waals surface area contributed by atoms with E-state index >= 15 is 0 Å². The molecule has 0 aliphatic heterocycles. The molecule has 94 valence electrons. The number of nitrogens with one attached hydrogen (secondary N) is 1. The van der Waals surface area contributed by atoms with E-state index < -0.39 is 0 Å². The zero-order chi connectivity index (χ0) is 12.7. The number of anilines is 1. The standard InChI is InChI=1S/C13H20N2S2/c1-10-6-5-7-11(13(14)16)12(10)15-8-3-4-9-17-2/h5-7,15H,3-4,8-9H2,1-2H3,(H2,14,16). The molecule has 0 unspecified atom stereocenters. The van der Waals surface area contributed by atoms with Gasteiger partial charge in [0.2, 0.25) is 0 Å². The second kappa shape index (κ2) is 7.56. The molecule has 0 aliphatic rings. The molecule has 4 heteroatoms. The lowest BCUT2D eigenvalue weighted by atomic mass is 10.1. The van der Waals surface area contributed by atoms with Crippen LogP contribution in [0.15, 0.2) is 18.2 Å². The zero-order valence-corrected chi connectivity index (χ0v) is 12.1. The maximum Gasteiger partial charge on any atom is 0.106 e. The van der Waals surface area contributed by atoms with E-state index in [1.54, 1.807) is 0 Å². The molecule has 0 radical (unpaired) electrons. The van der Waals surface area contributed by atoms with Gasteiger partial charge in [-0.3, -0.25) is 0 Å². The molecule has 0 aliphatic carbocycles. The Morgan fingerprint density at radius 2 is 2.18 bits per heavy atom. The summed E-state index contributed by atoms with van der Waals surface area (Å²) < 4.78 is 0. The second-order valence-corrected chi connectivity index (χ2v) is 5.41. The van der Waals surface area contributed by atoms with Crippen molar-refractivity contribution in [1.29, 1.82) is 0 Å². The first-order chi connectivity index (χ1) is 8.16. The van der Waals surface area contributed by atoms with E-state index in [4.69, 9.17) is 18.0 Å². The van der Waals surface area contributed by atoms with Gasteiger partial charge in [0.05, 0.1) is 0 Å². The van der Waals surface area contributed by atoms with Crippen molar-refractivity contribution in [3.05, 3.63) is 29.3 Å². The van der Waals surface area contributed by atoms with Gasteiger partial charge in [-0.2, -0.15) is 11.8 Å². The summed E-state index contributed by atoms with van der Waals surface area (Å²) in [6, 6.07) is 6.04. The highest BCUT2D eigenvalue weighted by molar-refractivity contribution is 7.98. The molecule has 0 saturated heterocycles. The smallest absolute Gasteiger partial charge is 0.106 e. The number of unbranched alkanes of at least 4 members (excludes halogenated alkanes) is 1. The van der Waals surface area contributed by atoms with Gasteiger partial charge in [0.15, 0.2) is 0 Å². The van der Waals surface area contributed by atoms with Crippen LogP contribution in [0.2, 0.25) is 0 Å². The van der Waals surface area contributed by atoms with Gasteiger partial charge in [0.1, 0.15) is 4.99 Å². The molecular weight excluding hydrogens is 248 g/mol. The Morgan fingerprint density at radius 3 is 2.82 bits per heavy atom. The summed E-state index contributed by atoms with van der Waals surface area (Å²) in [6.45, 7) is 3.05. The number of para-hydroxylation sites is 1. The third-order valence-corrected chi connectivity index (χ3v) is 3.53. The Hall–Kier alpha value is -0.740. The minimum absolute atomic E-state index is 0.459. The van der Waals surface area contributed by atoms with E-state index in [0.29, 0.717) is 4.99 Å². The lowest BCUT2D eigenvalue weighted by Gasteiger charge is -2.13. The third-order valence-electron chi connectivity index (χ3n) is 2.62. The summed E-state index contributed by atoms with van der Waals surface area (Å²) in [7, 11) is 0. The van der Waals surface area contributed by atoms with Crippen LogP contribution < -0.4 is 11.1 Å². The summed E-state index contributed by atoms with van der Waals surface area (Å²) in [4.78, 5) is 0.459. The van der Waals surface area contributed by atoms with Gasteiger partial charge in [-0.1, -0.05) is 24.4 Å². The molecule has 0 fully saturated rings. The molecule has 0 bridgehead atoms. The number of nitrogens with two attached hydrogens (primary N) is 1. The first-order valence-corrected chi connectivity index (χ1v) is 7.59. The maximum absolute atomic E-state index is 5.72. The molecule has 1 aromatic rings. The Labute approximate surface area is 113 Å². The number of hydrogen-bond donors (Lipinski definition) is 2. The molecule has 0 aromatic heterocycles. The van der Waals surface area contributed by atoms with Crippen molar-refractivity contribution in [2.75, 3.05) is 23.9 Å². The SMILES string of the molecule is CSCCCCNc1c(C)cccc1C(N)=S. The number of thioether (sulfide) groups is 1. The molecule has 17 heavy (non-hydrogen) atoms. The summed E-state index contributed by atoms with van der Waals surface area (Å²) in [5.41, 5.74) is 8.95. The molecule has 0 spiro atoms. The molecule has 1 aromatic carbocycles. The van der Waals surface area contributed by atoms with Gasteiger partial charge in [0.25, 0.3) is 0 Å². The number of benzene rings is 1. The van der Waals surface area contributed by atoms with E-state index in [-0.39, 0.29) is 0 Å². The van der Waals surface area contributed by atoms with E-state index in [2.05, 4.69) is 24.6 Å². The Kier molecular flexibility index (Phi) is 6.37. The number of aryl methyl sites for hydroxylation is 1. The zero-order valence-electron chi connectivity index (χ0n) is 10.5. The van der Waals surface area contributed by atoms with Crippen LogP contribution in [0.4, 0.5) is 5.69 Å². The van der Waals surface area contributed by atoms with Crippen molar-refractivity contribution < 1.29 is 0 Å². The predicted molar refractivity (Wildman–Crippen MR) is 83.2 cm³/mol. The lowest BCUT2D eigenvalue weighted by Crippen LogP contribution is -2.14. The Bertz CT molecular complexity index is 378. The van der Waals surface area contributed by atoms with Gasteiger partial charge < -0.3 is 11.1 Å². The highest BCUT2D eigenvalue weighted by atomic mass is 32.2. The van der Waals surface area contributed by atoms with Crippen LogP contribution in [0, 0.1) is 6.92 Å². The van der Waals surface area contributed by atoms with Gasteiger partial charge in [0, 0.05) is 17.8 Å². The van der Waals surface area contributed by atoms with E-state index in [1.165, 1.54) is 24.2 Å². The molecule has 2 nitrogen and oxygen atoms in total. The molecule has 3 N–H and O–H groups in total. The number of rotatable bonds is 7. The fourth-order valence-electron chi connectivity index (χ4n) is 1.69. The molecule has 1 rings (SSSR count). The Balaban J connectivity index is 2.60. The summed E-state index contributed by atoms with van der Waals surface area (Å²) in [6.07, 6.45) is 4.55. The van der Waals surface area contributed by atoms with Crippen molar-refractivity contribution >= 4 is 34.7 Å². The van der Waals surface area contributed by atoms with Crippen LogP contribution >= 0.6 is 24.0 Å². The van der Waals surface area contributed by atoms with Gasteiger partial charge in [-0.05, 0) is 43.4 Å². The van der Waals surface area contributed by atoms with E-state index in [1.807, 2.05) is 23.9 Å². The molecule has 0 heterocycles. The number of hydrogen-bond acceptors (Lipinski definition) is 3. The van der Waals surface area contributed by atoms with Gasteiger partial charge >= 0.3 is 0 Å². The molecule has 0 saturated carbocycles. The van der Waals surface area contributed by atoms with Crippen molar-refractivity contribution in [3.8, 4) is 0 Å². The largest absolute Gasteiger partial charge is 0.389 e. The van der Waals surface area contributed by atoms with Crippen LogP contribution in [-0.2, 0) is 0 Å². The van der Waals surface area contributed by atoms with Gasteiger partial charge in [-0.25, -0.2) is 0 Å². The minimum atomic E-state index is 0.459. The first-order valence-electron chi connectivity index (χ1n) is 5.79. The highest BCUT2D eigenvalue weighted by Gasteiger charge is 2.06. The fourth-order valence-corrected chi connectivity index (χ4v) is 2.36. The van der Waals surface area contributed by atoms with Crippen LogP contribution in [0.3, 0.4) is 0 Å². The summed E-state index contributed by atoms with van der Waals surface area (Å²) >= 11 is 6.95. The quantitative estimate of drug-likeness (QED) is 0.588. The maximum atomic E-state index is 5.72. The minimum Gasteiger partial charge on any atom is -0.389 e. The second-order valence-electron chi connectivity index (χ2n) is 3.99. The van der Waals surface area contributed by atoms with Crippen molar-refractivity contribution in [2.24, 2.45) is 5.73 Å². The average molecular weight is 268 g/mol. The fraction of sp³-hybridized carbons (Fsp3) is 0.462. The molecular formula is C13H20N2S2. The van der Waals surface area contributed by atoms with Crippen LogP contribution in [0.5, 0.6) is 0 Å². The van der Waals surface area contributed by atoms with Crippen molar-refractivity contribution in [3.63, 3.8) is 0 Å². The molecule has 0 amide bonds. The highest BCUT2D eigenvalue weighted by Crippen LogP contribution is 2.20. The summed E-state index contributed by atoms with van der Waals surface area (Å²) in [5.74, 6) is 1.22. The monoisotopic (exact) mass is 268 g/mol. The van der Waals surface area contributed by atoms with Gasteiger partial charge in [-0.15, -0.1) is 0 Å². The lowest BCUT2D eigenvalue weighted by molar-refractivity contribution is 0.842. The normalized spacial score (nSPS) is 10.2. The van der Waals surface area contributed by atoms with Crippen LogP contribution in [0.1, 0.15) is 24.0 Å². The van der Waals surface area contributed by atoms with Crippen LogP contribution in [0.25, 0.3) is 0 Å². The predicted octanol–water partition coefficient (Wildman–Crippen LogP) is 3.18. The van der Waals surface area contributed by atoms with E-state index in [9.17, 15) is 0 Å². The topological polar surface area (TPSA) is 38.0 Å². The third kappa shape index (κ3) is 4.56. The average Bonchev–Trinajstić information content (AvgIpc) is 2.30. The summed E-state index contributed by atoms with van der Waals surface area (Å²) in [5, 5.41) is 3.45. The number of thiocarbonyl (C=S) groups is 1. The molecule has 0 atom stereocenters. The van der Waals surface area contributed by atoms with E-state index in [0.717, 1.165) is 17.8 Å².